The summed E-state index contributed by atoms with van der Waals surface area (Å²) in [6.07, 6.45) is -7.82. The van der Waals surface area contributed by atoms with E-state index in [9.17, 15) is 31.2 Å². The summed E-state index contributed by atoms with van der Waals surface area (Å²) in [5.41, 5.74) is 0.161. The van der Waals surface area contributed by atoms with Crippen molar-refractivity contribution in [1.82, 2.24) is 0 Å². The van der Waals surface area contributed by atoms with Crippen LogP contribution in [-0.2, 0) is 26.0 Å². The van der Waals surface area contributed by atoms with Gasteiger partial charge in [-0.15, -0.1) is 0 Å². The number of alkyl halides is 3. The van der Waals surface area contributed by atoms with Crippen molar-refractivity contribution in [3.05, 3.63) is 29.3 Å². The predicted molar refractivity (Wildman–Crippen MR) is 90.8 cm³/mol. The minimum absolute atomic E-state index is 0.300. The minimum Gasteiger partial charge on any atom is -0.448 e. The van der Waals surface area contributed by atoms with Gasteiger partial charge in [-0.25, -0.2) is 4.79 Å². The van der Waals surface area contributed by atoms with Gasteiger partial charge in [0.2, 0.25) is 6.10 Å². The van der Waals surface area contributed by atoms with Crippen molar-refractivity contribution in [3.8, 4) is 5.75 Å². The first kappa shape index (κ1) is 23.0. The molecule has 1 aromatic carbocycles. The molecule has 0 aliphatic rings. The molecule has 0 heterocycles. The summed E-state index contributed by atoms with van der Waals surface area (Å²) in [5, 5.41) is 0. The Kier molecular flexibility index (Phi) is 7.44. The normalized spacial score (nSPS) is 13.3. The van der Waals surface area contributed by atoms with E-state index in [1.165, 1.54) is 26.0 Å². The molecule has 27 heavy (non-hydrogen) atoms. The van der Waals surface area contributed by atoms with Crippen LogP contribution >= 0.6 is 0 Å². The molecule has 1 atom stereocenters. The van der Waals surface area contributed by atoms with Gasteiger partial charge in [-0.05, 0) is 12.1 Å². The SMILES string of the molecule is BCc1ccc(C(=O)OC(CS(=O)(=O)O)C(F)(F)F)c(OC(=O)C(C)C)c1. The fraction of sp³-hybridized carbons (Fsp3) is 0.467. The van der Waals surface area contributed by atoms with Crippen molar-refractivity contribution >= 4 is 29.9 Å². The standard InChI is InChI=1S/C15H18BF3O7S/c1-8(2)13(20)25-11-5-9(6-16)3-4-10(11)14(21)26-12(15(17,18)19)7-27(22,23)24/h3-5,8,12H,6-7,16H2,1-2H3,(H,22,23,24). The van der Waals surface area contributed by atoms with Crippen LogP contribution in [0, 0.1) is 5.92 Å². The molecule has 0 amide bonds. The summed E-state index contributed by atoms with van der Waals surface area (Å²) >= 11 is 0. The summed E-state index contributed by atoms with van der Waals surface area (Å²) in [7, 11) is -3.30. The molecule has 0 bridgehead atoms. The van der Waals surface area contributed by atoms with Gasteiger partial charge in [0.1, 0.15) is 24.9 Å². The van der Waals surface area contributed by atoms with Gasteiger partial charge in [-0.3, -0.25) is 9.35 Å². The highest BCUT2D eigenvalue weighted by atomic mass is 32.2. The van der Waals surface area contributed by atoms with Gasteiger partial charge in [-0.1, -0.05) is 31.8 Å². The third kappa shape index (κ3) is 7.22. The zero-order valence-corrected chi connectivity index (χ0v) is 15.6. The maximum Gasteiger partial charge on any atom is 0.426 e. The van der Waals surface area contributed by atoms with Crippen LogP contribution < -0.4 is 4.74 Å². The van der Waals surface area contributed by atoms with Crippen LogP contribution in [0.5, 0.6) is 5.75 Å². The smallest absolute Gasteiger partial charge is 0.426 e. The van der Waals surface area contributed by atoms with Crippen LogP contribution in [0.1, 0.15) is 29.8 Å². The van der Waals surface area contributed by atoms with Crippen molar-refractivity contribution in [3.63, 3.8) is 0 Å². The first-order valence-electron chi connectivity index (χ1n) is 7.82. The third-order valence-electron chi connectivity index (χ3n) is 3.33. The van der Waals surface area contributed by atoms with E-state index in [0.717, 1.165) is 6.07 Å². The number of halogens is 3. The molecule has 0 spiro atoms. The van der Waals surface area contributed by atoms with Gasteiger partial charge in [-0.2, -0.15) is 21.6 Å². The minimum atomic E-state index is -5.23. The zero-order valence-electron chi connectivity index (χ0n) is 14.7. The van der Waals surface area contributed by atoms with Crippen molar-refractivity contribution in [1.29, 1.82) is 0 Å². The third-order valence-corrected chi connectivity index (χ3v) is 4.06. The van der Waals surface area contributed by atoms with Gasteiger partial charge in [0, 0.05) is 0 Å². The van der Waals surface area contributed by atoms with Gasteiger partial charge in [0.05, 0.1) is 5.92 Å². The van der Waals surface area contributed by atoms with Crippen molar-refractivity contribution in [2.45, 2.75) is 32.4 Å². The summed E-state index contributed by atoms with van der Waals surface area (Å²) < 4.78 is 78.3. The molecule has 0 saturated carbocycles. The second-order valence-corrected chi connectivity index (χ2v) is 7.44. The lowest BCUT2D eigenvalue weighted by Gasteiger charge is -2.20. The van der Waals surface area contributed by atoms with E-state index in [1.54, 1.807) is 7.85 Å². The lowest BCUT2D eigenvalue weighted by Crippen LogP contribution is -2.39. The van der Waals surface area contributed by atoms with E-state index in [1.807, 2.05) is 0 Å². The van der Waals surface area contributed by atoms with Crippen LogP contribution in [0.2, 0.25) is 0 Å². The largest absolute Gasteiger partial charge is 0.448 e. The number of hydrogen-bond donors (Lipinski definition) is 1. The molecular weight excluding hydrogens is 392 g/mol. The quantitative estimate of drug-likeness (QED) is 0.313. The van der Waals surface area contributed by atoms with Gasteiger partial charge < -0.3 is 9.47 Å². The number of hydrogen-bond acceptors (Lipinski definition) is 6. The molecule has 12 heteroatoms. The van der Waals surface area contributed by atoms with E-state index < -0.39 is 51.6 Å². The van der Waals surface area contributed by atoms with E-state index in [-0.39, 0.29) is 5.75 Å². The van der Waals surface area contributed by atoms with Crippen LogP contribution in [0.3, 0.4) is 0 Å². The average molecular weight is 410 g/mol. The molecule has 0 radical (unpaired) electrons. The van der Waals surface area contributed by atoms with Gasteiger partial charge in [0.15, 0.2) is 0 Å². The van der Waals surface area contributed by atoms with Crippen LogP contribution in [-0.4, -0.2) is 50.8 Å². The van der Waals surface area contributed by atoms with Gasteiger partial charge in [0.25, 0.3) is 10.1 Å². The summed E-state index contributed by atoms with van der Waals surface area (Å²) in [5.74, 6) is -4.98. The molecule has 1 N–H and O–H groups in total. The first-order valence-corrected chi connectivity index (χ1v) is 9.43. The lowest BCUT2D eigenvalue weighted by atomic mass is 9.96. The number of carbonyl (C=O) groups is 2. The molecule has 0 saturated heterocycles. The summed E-state index contributed by atoms with van der Waals surface area (Å²) in [4.78, 5) is 24.0. The number of benzene rings is 1. The monoisotopic (exact) mass is 410 g/mol. The van der Waals surface area contributed by atoms with Crippen molar-refractivity contribution in [2.75, 3.05) is 5.75 Å². The van der Waals surface area contributed by atoms with Crippen molar-refractivity contribution < 1.29 is 45.2 Å². The average Bonchev–Trinajstić information content (AvgIpc) is 2.51. The van der Waals surface area contributed by atoms with E-state index >= 15 is 0 Å². The molecule has 0 aliphatic heterocycles. The van der Waals surface area contributed by atoms with E-state index in [4.69, 9.17) is 9.29 Å². The molecule has 1 aromatic rings. The lowest BCUT2D eigenvalue weighted by molar-refractivity contribution is -0.197. The molecule has 0 aliphatic carbocycles. The molecule has 1 unspecified atom stereocenters. The Morgan fingerprint density at radius 2 is 1.85 bits per heavy atom. The molecule has 150 valence electrons. The van der Waals surface area contributed by atoms with Gasteiger partial charge >= 0.3 is 18.1 Å². The summed E-state index contributed by atoms with van der Waals surface area (Å²) in [6.45, 7) is 3.05. The second kappa shape index (κ2) is 8.74. The highest BCUT2D eigenvalue weighted by Gasteiger charge is 2.45. The first-order chi connectivity index (χ1) is 12.2. The highest BCUT2D eigenvalue weighted by Crippen LogP contribution is 2.28. The Labute approximate surface area is 155 Å². The Morgan fingerprint density at radius 3 is 2.30 bits per heavy atom. The zero-order chi connectivity index (χ0) is 21.0. The number of esters is 2. The predicted octanol–water partition coefficient (Wildman–Crippen LogP) is 1.36. The van der Waals surface area contributed by atoms with Crippen LogP contribution in [0.4, 0.5) is 13.2 Å². The molecule has 0 fully saturated rings. The maximum atomic E-state index is 12.9. The number of ether oxygens (including phenoxy) is 2. The maximum absolute atomic E-state index is 12.9. The Hall–Kier alpha value is -2.08. The second-order valence-electron chi connectivity index (χ2n) is 5.94. The van der Waals surface area contributed by atoms with E-state index in [2.05, 4.69) is 4.74 Å². The summed E-state index contributed by atoms with van der Waals surface area (Å²) in [6, 6.07) is 3.85. The topological polar surface area (TPSA) is 107 Å². The molecule has 7 nitrogen and oxygen atoms in total. The molecule has 0 aromatic heterocycles. The van der Waals surface area contributed by atoms with E-state index in [0.29, 0.717) is 11.9 Å². The Balaban J connectivity index is 3.22. The van der Waals surface area contributed by atoms with Crippen LogP contribution in [0.25, 0.3) is 0 Å². The fourth-order valence-corrected chi connectivity index (χ4v) is 2.48. The fourth-order valence-electron chi connectivity index (χ4n) is 1.85. The number of rotatable bonds is 7. The Morgan fingerprint density at radius 1 is 1.26 bits per heavy atom. The van der Waals surface area contributed by atoms with Crippen molar-refractivity contribution in [2.24, 2.45) is 5.92 Å². The highest BCUT2D eigenvalue weighted by molar-refractivity contribution is 7.85. The molecule has 1 rings (SSSR count). The number of carbonyl (C=O) groups excluding carboxylic acids is 2. The van der Waals surface area contributed by atoms with Crippen LogP contribution in [0.15, 0.2) is 18.2 Å². The Bertz CT molecular complexity index is 806. The molecular formula is C15H18BF3O7S.